The van der Waals surface area contributed by atoms with Gasteiger partial charge in [-0.1, -0.05) is 23.2 Å². The van der Waals surface area contributed by atoms with Crippen molar-refractivity contribution in [3.05, 3.63) is 0 Å². The van der Waals surface area contributed by atoms with E-state index in [9.17, 15) is 9.18 Å². The monoisotopic (exact) mass is 144 g/mol. The van der Waals surface area contributed by atoms with E-state index in [0.717, 1.165) is 6.92 Å². The first kappa shape index (κ1) is 7.18. The number of hydrogen-bond donors (Lipinski definition) is 0. The van der Waals surface area contributed by atoms with Crippen LogP contribution in [-0.2, 0) is 4.79 Å². The maximum atomic E-state index is 11.7. The highest BCUT2D eigenvalue weighted by Gasteiger charge is 2.28. The molecule has 0 aromatic carbocycles. The number of ketones is 1. The maximum Gasteiger partial charge on any atom is 0.315 e. The third-order valence-corrected chi connectivity index (χ3v) is 0.931. The molecule has 0 fully saturated rings. The molecule has 1 nitrogen and oxygen atoms in total. The summed E-state index contributed by atoms with van der Waals surface area (Å²) in [5.74, 6) is -0.893. The highest BCUT2D eigenvalue weighted by atomic mass is 35.5. The fourth-order valence-electron chi connectivity index (χ4n) is 0. The average molecular weight is 145 g/mol. The Morgan fingerprint density at radius 2 is 1.86 bits per heavy atom. The summed E-state index contributed by atoms with van der Waals surface area (Å²) in [6.45, 7) is 0.972. The number of carbonyl (C=O) groups is 1. The third kappa shape index (κ3) is 2.83. The number of rotatable bonds is 1. The van der Waals surface area contributed by atoms with Gasteiger partial charge in [-0.15, -0.1) is 0 Å². The van der Waals surface area contributed by atoms with E-state index in [4.69, 9.17) is 0 Å². The van der Waals surface area contributed by atoms with Crippen LogP contribution in [0.25, 0.3) is 0 Å². The number of hydrogen-bond acceptors (Lipinski definition) is 1. The molecule has 0 spiro atoms. The van der Waals surface area contributed by atoms with Crippen LogP contribution < -0.4 is 0 Å². The summed E-state index contributed by atoms with van der Waals surface area (Å²) in [4.78, 5) is 9.83. The molecule has 0 heterocycles. The second-order valence-corrected chi connectivity index (χ2v) is 2.29. The van der Waals surface area contributed by atoms with Crippen LogP contribution in [0.1, 0.15) is 6.92 Å². The summed E-state index contributed by atoms with van der Waals surface area (Å²) >= 11 is 9.23. The van der Waals surface area contributed by atoms with Gasteiger partial charge in [-0.05, 0) is 0 Å². The molecule has 0 aliphatic heterocycles. The van der Waals surface area contributed by atoms with E-state index in [1.54, 1.807) is 0 Å². The lowest BCUT2D eigenvalue weighted by Crippen LogP contribution is -2.15. The standard InChI is InChI=1S/C3H3Cl2FO/c1-2(7)3(4,5)6/h1H3. The Hall–Kier alpha value is 0.180. The third-order valence-electron chi connectivity index (χ3n) is 0.399. The van der Waals surface area contributed by atoms with Gasteiger partial charge in [0.25, 0.3) is 0 Å². The number of Topliss-reactive ketones (excluding diaryl/α,β-unsaturated/α-hetero) is 1. The van der Waals surface area contributed by atoms with Crippen molar-refractivity contribution >= 4 is 29.0 Å². The van der Waals surface area contributed by atoms with Crippen LogP contribution in [0.15, 0.2) is 0 Å². The average Bonchev–Trinajstić information content (AvgIpc) is 1.31. The van der Waals surface area contributed by atoms with Crippen molar-refractivity contribution < 1.29 is 9.18 Å². The summed E-state index contributed by atoms with van der Waals surface area (Å²) in [6, 6.07) is 0. The van der Waals surface area contributed by atoms with Crippen molar-refractivity contribution in [1.82, 2.24) is 0 Å². The zero-order valence-electron chi connectivity index (χ0n) is 3.54. The molecule has 0 bridgehead atoms. The first-order valence-corrected chi connectivity index (χ1v) is 2.28. The molecule has 0 saturated carbocycles. The number of halogens is 3. The Balaban J connectivity index is 3.79. The van der Waals surface area contributed by atoms with Crippen molar-refractivity contribution in [2.75, 3.05) is 0 Å². The van der Waals surface area contributed by atoms with Crippen LogP contribution in [0.5, 0.6) is 0 Å². The predicted molar refractivity (Wildman–Crippen MR) is 26.2 cm³/mol. The van der Waals surface area contributed by atoms with E-state index in [2.05, 4.69) is 23.2 Å². The Bertz CT molecular complexity index is 85.4. The van der Waals surface area contributed by atoms with E-state index < -0.39 is 10.4 Å². The molecule has 42 valence electrons. The van der Waals surface area contributed by atoms with Crippen molar-refractivity contribution in [3.8, 4) is 0 Å². The van der Waals surface area contributed by atoms with Crippen LogP contribution in [0.2, 0.25) is 0 Å². The molecule has 0 amide bonds. The summed E-state index contributed by atoms with van der Waals surface area (Å²) in [5.41, 5.74) is 0. The van der Waals surface area contributed by atoms with E-state index in [0.29, 0.717) is 0 Å². The van der Waals surface area contributed by atoms with E-state index >= 15 is 0 Å². The fraction of sp³-hybridized carbons (Fsp3) is 0.667. The minimum absolute atomic E-state index is 0.893. The quantitative estimate of drug-likeness (QED) is 0.513. The van der Waals surface area contributed by atoms with Crippen molar-refractivity contribution in [3.63, 3.8) is 0 Å². The van der Waals surface area contributed by atoms with Gasteiger partial charge in [0.05, 0.1) is 0 Å². The van der Waals surface area contributed by atoms with E-state index in [-0.39, 0.29) is 0 Å². The molecule has 7 heavy (non-hydrogen) atoms. The Labute approximate surface area is 50.4 Å². The minimum atomic E-state index is -2.69. The first-order chi connectivity index (χ1) is 2.94. The summed E-state index contributed by atoms with van der Waals surface area (Å²) in [5, 5.41) is 0. The lowest BCUT2D eigenvalue weighted by atomic mass is 10.5. The molecule has 0 saturated heterocycles. The molecule has 0 rings (SSSR count). The van der Waals surface area contributed by atoms with Crippen LogP contribution in [-0.4, -0.2) is 10.4 Å². The highest BCUT2D eigenvalue weighted by Crippen LogP contribution is 2.22. The van der Waals surface area contributed by atoms with Crippen molar-refractivity contribution in [1.29, 1.82) is 0 Å². The van der Waals surface area contributed by atoms with Gasteiger partial charge in [-0.25, -0.2) is 0 Å². The Morgan fingerprint density at radius 1 is 1.71 bits per heavy atom. The Kier molecular flexibility index (Phi) is 2.02. The van der Waals surface area contributed by atoms with Gasteiger partial charge in [0, 0.05) is 6.92 Å². The summed E-state index contributed by atoms with van der Waals surface area (Å²) in [6.07, 6.45) is 0. The second-order valence-electron chi connectivity index (χ2n) is 1.05. The lowest BCUT2D eigenvalue weighted by molar-refractivity contribution is -0.120. The van der Waals surface area contributed by atoms with E-state index in [1.807, 2.05) is 0 Å². The Morgan fingerprint density at radius 3 is 1.86 bits per heavy atom. The van der Waals surface area contributed by atoms with Gasteiger partial charge in [0.1, 0.15) is 0 Å². The zero-order chi connectivity index (χ0) is 6.08. The SMILES string of the molecule is CC(=O)C(F)(Cl)Cl. The summed E-state index contributed by atoms with van der Waals surface area (Å²) in [7, 11) is 0. The molecule has 0 unspecified atom stereocenters. The van der Waals surface area contributed by atoms with Crippen LogP contribution >= 0.6 is 23.2 Å². The van der Waals surface area contributed by atoms with Gasteiger partial charge < -0.3 is 0 Å². The van der Waals surface area contributed by atoms with Gasteiger partial charge in [-0.3, -0.25) is 4.79 Å². The number of carbonyl (C=O) groups excluding carboxylic acids is 1. The van der Waals surface area contributed by atoms with Crippen LogP contribution in [0.4, 0.5) is 4.39 Å². The van der Waals surface area contributed by atoms with Crippen LogP contribution in [0.3, 0.4) is 0 Å². The van der Waals surface area contributed by atoms with Crippen molar-refractivity contribution in [2.24, 2.45) is 0 Å². The van der Waals surface area contributed by atoms with Crippen molar-refractivity contribution in [2.45, 2.75) is 11.5 Å². The van der Waals surface area contributed by atoms with Gasteiger partial charge >= 0.3 is 4.59 Å². The van der Waals surface area contributed by atoms with Gasteiger partial charge in [-0.2, -0.15) is 4.39 Å². The number of alkyl halides is 3. The highest BCUT2D eigenvalue weighted by molar-refractivity contribution is 6.56. The lowest BCUT2D eigenvalue weighted by Gasteiger charge is -1.99. The van der Waals surface area contributed by atoms with Gasteiger partial charge in [0.15, 0.2) is 5.78 Å². The molecule has 0 N–H and O–H groups in total. The molecule has 0 aliphatic carbocycles. The molecular weight excluding hydrogens is 142 g/mol. The molecular formula is C3H3Cl2FO. The van der Waals surface area contributed by atoms with Gasteiger partial charge in [0.2, 0.25) is 0 Å². The molecule has 4 heteroatoms. The molecule has 0 atom stereocenters. The normalized spacial score (nSPS) is 11.4. The first-order valence-electron chi connectivity index (χ1n) is 1.52. The molecule has 0 aromatic rings. The molecule has 0 radical (unpaired) electrons. The minimum Gasteiger partial charge on any atom is -0.293 e. The van der Waals surface area contributed by atoms with Crippen LogP contribution in [0, 0.1) is 0 Å². The second kappa shape index (κ2) is 1.97. The molecule has 0 aromatic heterocycles. The summed E-state index contributed by atoms with van der Waals surface area (Å²) < 4.78 is 9.00. The zero-order valence-corrected chi connectivity index (χ0v) is 5.05. The predicted octanol–water partition coefficient (Wildman–Crippen LogP) is 1.68. The largest absolute Gasteiger partial charge is 0.315 e. The smallest absolute Gasteiger partial charge is 0.293 e. The fourth-order valence-corrected chi connectivity index (χ4v) is 0. The maximum absolute atomic E-state index is 11.7. The molecule has 0 aliphatic rings. The topological polar surface area (TPSA) is 17.1 Å². The van der Waals surface area contributed by atoms with E-state index in [1.165, 1.54) is 0 Å².